The molecule has 1 aromatic heterocycles. The number of fused-ring (bicyclic) bond motifs is 12. The number of rotatable bonds is 3. The van der Waals surface area contributed by atoms with Crippen LogP contribution in [0.2, 0.25) is 0 Å². The monoisotopic (exact) mass is 678 g/mol. The van der Waals surface area contributed by atoms with E-state index in [0.717, 1.165) is 0 Å². The minimum atomic E-state index is -0.180. The smallest absolute Gasteiger partial charge is 0.0440 e. The lowest BCUT2D eigenvalue weighted by Crippen LogP contribution is -2.15. The Hall–Kier alpha value is -6.02. The van der Waals surface area contributed by atoms with Crippen LogP contribution in [0.5, 0.6) is 0 Å². The highest BCUT2D eigenvalue weighted by molar-refractivity contribution is 7.26. The number of hydrogen-bond donors (Lipinski definition) is 0. The topological polar surface area (TPSA) is 0 Å². The van der Waals surface area contributed by atoms with Crippen LogP contribution in [0.25, 0.3) is 97.0 Å². The van der Waals surface area contributed by atoms with Gasteiger partial charge in [0.1, 0.15) is 0 Å². The predicted octanol–water partition coefficient (Wildman–Crippen LogP) is 14.8. The molecule has 0 spiro atoms. The molecule has 0 aliphatic heterocycles. The molecule has 0 atom stereocenters. The standard InChI is InChI=1S/C51H34S/c1-51(2)43-30-34(27-28-41(43)47-48-42-25-12-13-26-44(42)52-50(48)40-24-11-10-23-39(40)49(47)51)46-37-21-8-6-19-35(37)45(36-20-7-9-22-38(36)46)33-18-14-17-32(29-33)31-15-4-3-5-16-31/h3-30H,1-2H3. The molecule has 0 fully saturated rings. The van der Waals surface area contributed by atoms with Gasteiger partial charge in [-0.3, -0.25) is 0 Å². The summed E-state index contributed by atoms with van der Waals surface area (Å²) >= 11 is 1.93. The lowest BCUT2D eigenvalue weighted by molar-refractivity contribution is 0.667. The molecule has 0 N–H and O–H groups in total. The lowest BCUT2D eigenvalue weighted by Gasteiger charge is -2.24. The Morgan fingerprint density at radius 3 is 1.58 bits per heavy atom. The first-order valence-corrected chi connectivity index (χ1v) is 19.0. The van der Waals surface area contributed by atoms with E-state index in [0.29, 0.717) is 0 Å². The lowest BCUT2D eigenvalue weighted by atomic mass is 9.78. The minimum absolute atomic E-state index is 0.180. The van der Waals surface area contributed by atoms with Crippen molar-refractivity contribution in [3.05, 3.63) is 181 Å². The van der Waals surface area contributed by atoms with Crippen molar-refractivity contribution in [2.75, 3.05) is 0 Å². The van der Waals surface area contributed by atoms with Gasteiger partial charge in [0.05, 0.1) is 0 Å². The molecule has 0 amide bonds. The molecule has 1 aliphatic carbocycles. The van der Waals surface area contributed by atoms with Gasteiger partial charge in [0, 0.05) is 25.6 Å². The van der Waals surface area contributed by atoms with Gasteiger partial charge in [0.25, 0.3) is 0 Å². The first-order valence-electron chi connectivity index (χ1n) is 18.2. The van der Waals surface area contributed by atoms with Crippen molar-refractivity contribution in [1.29, 1.82) is 0 Å². The molecule has 1 heteroatoms. The van der Waals surface area contributed by atoms with E-state index in [9.17, 15) is 0 Å². The summed E-state index contributed by atoms with van der Waals surface area (Å²) in [6.07, 6.45) is 0. The van der Waals surface area contributed by atoms with Crippen LogP contribution in [0.4, 0.5) is 0 Å². The summed E-state index contributed by atoms with van der Waals surface area (Å²) in [5.74, 6) is 0. The van der Waals surface area contributed by atoms with Crippen LogP contribution in [0.1, 0.15) is 25.0 Å². The van der Waals surface area contributed by atoms with E-state index in [1.807, 2.05) is 11.3 Å². The molecule has 0 radical (unpaired) electrons. The summed E-state index contributed by atoms with van der Waals surface area (Å²) in [6.45, 7) is 4.88. The maximum absolute atomic E-state index is 2.52. The third-order valence-corrected chi connectivity index (χ3v) is 12.8. The first-order chi connectivity index (χ1) is 25.6. The fourth-order valence-electron chi connectivity index (χ4n) is 9.37. The van der Waals surface area contributed by atoms with Crippen molar-refractivity contribution in [2.45, 2.75) is 19.3 Å². The van der Waals surface area contributed by atoms with E-state index in [-0.39, 0.29) is 5.41 Å². The Kier molecular flexibility index (Phi) is 6.27. The van der Waals surface area contributed by atoms with Crippen molar-refractivity contribution in [3.63, 3.8) is 0 Å². The third kappa shape index (κ3) is 4.09. The van der Waals surface area contributed by atoms with E-state index in [1.54, 1.807) is 0 Å². The van der Waals surface area contributed by atoms with Crippen molar-refractivity contribution >= 4 is 63.8 Å². The molecule has 10 aromatic rings. The quantitative estimate of drug-likeness (QED) is 0.163. The number of benzene rings is 9. The van der Waals surface area contributed by atoms with Gasteiger partial charge < -0.3 is 0 Å². The summed E-state index contributed by atoms with van der Waals surface area (Å²) < 4.78 is 2.75. The van der Waals surface area contributed by atoms with E-state index in [4.69, 9.17) is 0 Å². The minimum Gasteiger partial charge on any atom is -0.135 e. The molecule has 0 saturated carbocycles. The van der Waals surface area contributed by atoms with Gasteiger partial charge in [-0.1, -0.05) is 166 Å². The number of hydrogen-bond acceptors (Lipinski definition) is 1. The van der Waals surface area contributed by atoms with Crippen LogP contribution in [0.3, 0.4) is 0 Å². The molecule has 9 aromatic carbocycles. The van der Waals surface area contributed by atoms with E-state index in [1.165, 1.54) is 108 Å². The molecule has 1 heterocycles. The van der Waals surface area contributed by atoms with Crippen molar-refractivity contribution in [2.24, 2.45) is 0 Å². The van der Waals surface area contributed by atoms with E-state index >= 15 is 0 Å². The van der Waals surface area contributed by atoms with Crippen LogP contribution < -0.4 is 0 Å². The van der Waals surface area contributed by atoms with Gasteiger partial charge in [-0.05, 0) is 106 Å². The van der Waals surface area contributed by atoms with Crippen molar-refractivity contribution in [3.8, 4) is 44.5 Å². The summed E-state index contributed by atoms with van der Waals surface area (Å²) in [6, 6.07) is 63.2. The summed E-state index contributed by atoms with van der Waals surface area (Å²) in [5.41, 5.74) is 13.0. The molecular formula is C51H34S. The van der Waals surface area contributed by atoms with Crippen molar-refractivity contribution < 1.29 is 0 Å². The molecule has 0 nitrogen and oxygen atoms in total. The summed E-state index contributed by atoms with van der Waals surface area (Å²) in [5, 5.41) is 10.6. The second kappa shape index (κ2) is 11.0. The molecule has 52 heavy (non-hydrogen) atoms. The average Bonchev–Trinajstić information content (AvgIpc) is 3.70. The number of thiophene rings is 1. The van der Waals surface area contributed by atoms with Gasteiger partial charge in [-0.2, -0.15) is 0 Å². The molecular weight excluding hydrogens is 645 g/mol. The third-order valence-electron chi connectivity index (χ3n) is 11.6. The van der Waals surface area contributed by atoms with Crippen LogP contribution in [-0.4, -0.2) is 0 Å². The van der Waals surface area contributed by atoms with Gasteiger partial charge in [0.15, 0.2) is 0 Å². The highest BCUT2D eigenvalue weighted by Crippen LogP contribution is 2.58. The second-order valence-corrected chi connectivity index (χ2v) is 15.8. The molecule has 0 unspecified atom stereocenters. The predicted molar refractivity (Wildman–Crippen MR) is 226 cm³/mol. The summed E-state index contributed by atoms with van der Waals surface area (Å²) in [4.78, 5) is 0. The molecule has 11 rings (SSSR count). The Labute approximate surface area is 307 Å². The highest BCUT2D eigenvalue weighted by Gasteiger charge is 2.39. The Morgan fingerprint density at radius 1 is 0.385 bits per heavy atom. The Balaban J connectivity index is 1.19. The van der Waals surface area contributed by atoms with Crippen molar-refractivity contribution in [1.82, 2.24) is 0 Å². The normalized spacial score (nSPS) is 13.3. The fraction of sp³-hybridized carbons (Fsp3) is 0.0588. The van der Waals surface area contributed by atoms with Gasteiger partial charge in [0.2, 0.25) is 0 Å². The molecule has 0 saturated heterocycles. The van der Waals surface area contributed by atoms with E-state index < -0.39 is 0 Å². The van der Waals surface area contributed by atoms with Crippen LogP contribution in [0.15, 0.2) is 170 Å². The molecule has 0 bridgehead atoms. The first kappa shape index (κ1) is 29.7. The van der Waals surface area contributed by atoms with E-state index in [2.05, 4.69) is 184 Å². The summed E-state index contributed by atoms with van der Waals surface area (Å²) in [7, 11) is 0. The SMILES string of the molecule is CC1(C)c2cc(-c3c4ccccc4c(-c4cccc(-c5ccccc5)c4)c4ccccc34)ccc2-c2c1c1ccccc1c1sc3ccccc3c21. The highest BCUT2D eigenvalue weighted by atomic mass is 32.1. The zero-order chi connectivity index (χ0) is 34.6. The zero-order valence-electron chi connectivity index (χ0n) is 29.1. The van der Waals surface area contributed by atoms with Gasteiger partial charge >= 0.3 is 0 Å². The van der Waals surface area contributed by atoms with Gasteiger partial charge in [-0.25, -0.2) is 0 Å². The van der Waals surface area contributed by atoms with Crippen LogP contribution in [0, 0.1) is 0 Å². The molecule has 1 aliphatic rings. The zero-order valence-corrected chi connectivity index (χ0v) is 29.9. The molecule has 244 valence electrons. The van der Waals surface area contributed by atoms with Gasteiger partial charge in [-0.15, -0.1) is 11.3 Å². The maximum atomic E-state index is 2.52. The fourth-order valence-corrected chi connectivity index (χ4v) is 10.6. The second-order valence-electron chi connectivity index (χ2n) is 14.8. The largest absolute Gasteiger partial charge is 0.135 e. The Morgan fingerprint density at radius 2 is 0.904 bits per heavy atom. The maximum Gasteiger partial charge on any atom is 0.0440 e. The van der Waals surface area contributed by atoms with Crippen LogP contribution in [-0.2, 0) is 5.41 Å². The average molecular weight is 679 g/mol. The van der Waals surface area contributed by atoms with Crippen LogP contribution >= 0.6 is 11.3 Å². The Bertz CT molecular complexity index is 3030.